The van der Waals surface area contributed by atoms with E-state index in [9.17, 15) is 4.79 Å². The third kappa shape index (κ3) is 4.07. The molecule has 0 aliphatic heterocycles. The summed E-state index contributed by atoms with van der Waals surface area (Å²) in [5.41, 5.74) is 1.84. The Morgan fingerprint density at radius 1 is 1.19 bits per heavy atom. The van der Waals surface area contributed by atoms with Crippen molar-refractivity contribution in [3.63, 3.8) is 0 Å². The molecule has 1 aliphatic rings. The molecule has 0 saturated heterocycles. The Kier molecular flexibility index (Phi) is 5.04. The van der Waals surface area contributed by atoms with Crippen LogP contribution in [0.15, 0.2) is 24.3 Å². The van der Waals surface area contributed by atoms with Gasteiger partial charge in [-0.3, -0.25) is 4.79 Å². The van der Waals surface area contributed by atoms with Gasteiger partial charge in [0.1, 0.15) is 0 Å². The lowest BCUT2D eigenvalue weighted by atomic mass is 9.66. The summed E-state index contributed by atoms with van der Waals surface area (Å²) in [5.74, 6) is 0.700. The number of carbonyl (C=O) groups excluding carboxylic acids is 1. The van der Waals surface area contributed by atoms with E-state index in [0.717, 1.165) is 30.5 Å². The molecule has 3 heteroatoms. The largest absolute Gasteiger partial charge is 0.392 e. The minimum atomic E-state index is 0.0307. The fraction of sp³-hybridized carbons (Fsp3) is 0.611. The molecule has 2 rings (SSSR count). The lowest BCUT2D eigenvalue weighted by Gasteiger charge is -2.39. The molecule has 0 aromatic heterocycles. The Morgan fingerprint density at radius 3 is 2.38 bits per heavy atom. The zero-order valence-electron chi connectivity index (χ0n) is 13.4. The Labute approximate surface area is 127 Å². The highest BCUT2D eigenvalue weighted by Gasteiger charge is 2.37. The van der Waals surface area contributed by atoms with E-state index in [4.69, 9.17) is 5.11 Å². The van der Waals surface area contributed by atoms with Crippen molar-refractivity contribution in [2.75, 3.05) is 5.32 Å². The summed E-state index contributed by atoms with van der Waals surface area (Å²) in [6.07, 6.45) is 4.51. The minimum Gasteiger partial charge on any atom is -0.392 e. The molecule has 3 nitrogen and oxygen atoms in total. The Morgan fingerprint density at radius 2 is 1.81 bits per heavy atom. The number of hydrogen-bond acceptors (Lipinski definition) is 2. The van der Waals surface area contributed by atoms with Crippen LogP contribution in [0.5, 0.6) is 0 Å². The van der Waals surface area contributed by atoms with Crippen LogP contribution in [-0.2, 0) is 11.4 Å². The Hall–Kier alpha value is -1.35. The number of hydrogen-bond donors (Lipinski definition) is 2. The fourth-order valence-electron chi connectivity index (χ4n) is 3.41. The summed E-state index contributed by atoms with van der Waals surface area (Å²) < 4.78 is 0. The first-order chi connectivity index (χ1) is 9.91. The lowest BCUT2D eigenvalue weighted by molar-refractivity contribution is -0.124. The van der Waals surface area contributed by atoms with Gasteiger partial charge in [0.15, 0.2) is 0 Å². The van der Waals surface area contributed by atoms with Gasteiger partial charge in [-0.05, 0) is 41.9 Å². The molecule has 21 heavy (non-hydrogen) atoms. The zero-order valence-corrected chi connectivity index (χ0v) is 13.4. The monoisotopic (exact) mass is 289 g/mol. The maximum absolute atomic E-state index is 12.6. The van der Waals surface area contributed by atoms with Gasteiger partial charge in [-0.25, -0.2) is 0 Å². The van der Waals surface area contributed by atoms with E-state index in [1.165, 1.54) is 6.42 Å². The molecule has 0 radical (unpaired) electrons. The first-order valence-corrected chi connectivity index (χ1v) is 7.92. The predicted octanol–water partition coefficient (Wildman–Crippen LogP) is 3.97. The van der Waals surface area contributed by atoms with Crippen LogP contribution in [0.4, 0.5) is 5.69 Å². The second-order valence-electron chi connectivity index (χ2n) is 7.21. The molecule has 0 bridgehead atoms. The van der Waals surface area contributed by atoms with Crippen LogP contribution in [0.2, 0.25) is 0 Å². The van der Waals surface area contributed by atoms with Crippen molar-refractivity contribution in [2.45, 2.75) is 53.1 Å². The van der Waals surface area contributed by atoms with Gasteiger partial charge in [0.25, 0.3) is 0 Å². The van der Waals surface area contributed by atoms with E-state index in [-0.39, 0.29) is 23.8 Å². The average Bonchev–Trinajstić information content (AvgIpc) is 2.47. The standard InChI is InChI=1S/C18H27NO2/c1-18(2,3)16-7-5-4-6-15(16)17(21)19-14-10-8-13(12-20)9-11-14/h8-11,15-16,20H,4-7,12H2,1-3H3,(H,19,21). The summed E-state index contributed by atoms with van der Waals surface area (Å²) in [7, 11) is 0. The van der Waals surface area contributed by atoms with Gasteiger partial charge in [0.2, 0.25) is 5.91 Å². The number of rotatable bonds is 3. The van der Waals surface area contributed by atoms with Gasteiger partial charge in [0, 0.05) is 11.6 Å². The molecule has 2 atom stereocenters. The van der Waals surface area contributed by atoms with Gasteiger partial charge in [-0.15, -0.1) is 0 Å². The van der Waals surface area contributed by atoms with Gasteiger partial charge >= 0.3 is 0 Å². The van der Waals surface area contributed by atoms with Crippen LogP contribution in [-0.4, -0.2) is 11.0 Å². The summed E-state index contributed by atoms with van der Waals surface area (Å²) in [6.45, 7) is 6.74. The van der Waals surface area contributed by atoms with Crippen molar-refractivity contribution in [1.82, 2.24) is 0 Å². The molecule has 2 N–H and O–H groups in total. The average molecular weight is 289 g/mol. The number of amides is 1. The summed E-state index contributed by atoms with van der Waals surface area (Å²) in [4.78, 5) is 12.6. The van der Waals surface area contributed by atoms with E-state index in [2.05, 4.69) is 26.1 Å². The molecule has 116 valence electrons. The molecule has 2 unspecified atom stereocenters. The smallest absolute Gasteiger partial charge is 0.227 e. The van der Waals surface area contributed by atoms with Gasteiger partial charge in [-0.2, -0.15) is 0 Å². The first kappa shape index (κ1) is 16.0. The van der Waals surface area contributed by atoms with Crippen LogP contribution in [0.25, 0.3) is 0 Å². The zero-order chi connectivity index (χ0) is 15.5. The maximum Gasteiger partial charge on any atom is 0.227 e. The molecule has 0 spiro atoms. The van der Waals surface area contributed by atoms with Crippen LogP contribution >= 0.6 is 0 Å². The van der Waals surface area contributed by atoms with Crippen molar-refractivity contribution >= 4 is 11.6 Å². The highest BCUT2D eigenvalue weighted by Crippen LogP contribution is 2.42. The number of aliphatic hydroxyl groups is 1. The van der Waals surface area contributed by atoms with E-state index < -0.39 is 0 Å². The maximum atomic E-state index is 12.6. The minimum absolute atomic E-state index is 0.0307. The Bertz CT molecular complexity index is 473. The predicted molar refractivity (Wildman–Crippen MR) is 85.9 cm³/mol. The fourth-order valence-corrected chi connectivity index (χ4v) is 3.41. The van der Waals surface area contributed by atoms with Gasteiger partial charge < -0.3 is 10.4 Å². The summed E-state index contributed by atoms with van der Waals surface area (Å²) in [6, 6.07) is 7.41. The first-order valence-electron chi connectivity index (χ1n) is 7.92. The van der Waals surface area contributed by atoms with Crippen LogP contribution in [0.3, 0.4) is 0 Å². The SMILES string of the molecule is CC(C)(C)C1CCCCC1C(=O)Nc1ccc(CO)cc1. The number of nitrogens with one attached hydrogen (secondary N) is 1. The van der Waals surface area contributed by atoms with Gasteiger partial charge in [-0.1, -0.05) is 45.7 Å². The number of anilines is 1. The van der Waals surface area contributed by atoms with Crippen molar-refractivity contribution in [3.8, 4) is 0 Å². The van der Waals surface area contributed by atoms with Gasteiger partial charge in [0.05, 0.1) is 6.61 Å². The van der Waals surface area contributed by atoms with Crippen LogP contribution < -0.4 is 5.32 Å². The quantitative estimate of drug-likeness (QED) is 0.884. The van der Waals surface area contributed by atoms with Crippen molar-refractivity contribution < 1.29 is 9.90 Å². The molecule has 1 saturated carbocycles. The second-order valence-corrected chi connectivity index (χ2v) is 7.21. The van der Waals surface area contributed by atoms with E-state index >= 15 is 0 Å². The van der Waals surface area contributed by atoms with E-state index in [0.29, 0.717) is 5.92 Å². The van der Waals surface area contributed by atoms with E-state index in [1.54, 1.807) is 0 Å². The molecule has 1 aliphatic carbocycles. The summed E-state index contributed by atoms with van der Waals surface area (Å²) >= 11 is 0. The van der Waals surface area contributed by atoms with Crippen molar-refractivity contribution in [1.29, 1.82) is 0 Å². The lowest BCUT2D eigenvalue weighted by Crippen LogP contribution is -2.38. The number of carbonyl (C=O) groups is 1. The normalized spacial score (nSPS) is 22.9. The molecular formula is C18H27NO2. The Balaban J connectivity index is 2.06. The molecule has 1 aromatic rings. The highest BCUT2D eigenvalue weighted by atomic mass is 16.3. The van der Waals surface area contributed by atoms with Crippen LogP contribution in [0, 0.1) is 17.3 Å². The second kappa shape index (κ2) is 6.61. The number of benzene rings is 1. The molecule has 1 aromatic carbocycles. The third-order valence-electron chi connectivity index (χ3n) is 4.62. The molecule has 1 amide bonds. The summed E-state index contributed by atoms with van der Waals surface area (Å²) in [5, 5.41) is 12.1. The van der Waals surface area contributed by atoms with Crippen LogP contribution in [0.1, 0.15) is 52.0 Å². The van der Waals surface area contributed by atoms with Crippen molar-refractivity contribution in [2.24, 2.45) is 17.3 Å². The molecular weight excluding hydrogens is 262 g/mol. The third-order valence-corrected chi connectivity index (χ3v) is 4.62. The van der Waals surface area contributed by atoms with E-state index in [1.807, 2.05) is 24.3 Å². The molecule has 0 heterocycles. The molecule has 1 fully saturated rings. The highest BCUT2D eigenvalue weighted by molar-refractivity contribution is 5.92. The van der Waals surface area contributed by atoms with Crippen molar-refractivity contribution in [3.05, 3.63) is 29.8 Å². The number of aliphatic hydroxyl groups excluding tert-OH is 1. The topological polar surface area (TPSA) is 49.3 Å².